The number of rotatable bonds is 5. The van der Waals surface area contributed by atoms with Gasteiger partial charge in [0, 0.05) is 44.7 Å². The maximum atomic E-state index is 11.4. The van der Waals surface area contributed by atoms with E-state index in [1.54, 1.807) is 7.11 Å². The topological polar surface area (TPSA) is 38.8 Å². The molecule has 5 heteroatoms. The van der Waals surface area contributed by atoms with Crippen LogP contribution in [0.4, 0.5) is 5.69 Å². The largest absolute Gasteiger partial charge is 0.426 e. The Balaban J connectivity index is 2.37. The van der Waals surface area contributed by atoms with Gasteiger partial charge in [0.1, 0.15) is 5.75 Å². The van der Waals surface area contributed by atoms with Gasteiger partial charge in [-0.3, -0.25) is 4.79 Å². The highest BCUT2D eigenvalue weighted by atomic mass is 35.5. The van der Waals surface area contributed by atoms with Crippen LogP contribution < -0.4 is 9.64 Å². The molecule has 0 N–H and O–H groups in total. The van der Waals surface area contributed by atoms with E-state index in [0.29, 0.717) is 17.4 Å². The number of hydrogen-bond donors (Lipinski definition) is 0. The smallest absolute Gasteiger partial charge is 0.308 e. The summed E-state index contributed by atoms with van der Waals surface area (Å²) in [7, 11) is 1.66. The molecule has 0 aliphatic carbocycles. The second-order valence-corrected chi connectivity index (χ2v) is 6.25. The molecule has 22 heavy (non-hydrogen) atoms. The van der Waals surface area contributed by atoms with E-state index in [4.69, 9.17) is 21.1 Å². The molecule has 0 saturated carbocycles. The molecule has 1 aromatic rings. The molecule has 2 rings (SSSR count). The number of ether oxygens (including phenoxy) is 2. The summed E-state index contributed by atoms with van der Waals surface area (Å²) in [5, 5.41) is 0.704. The van der Waals surface area contributed by atoms with Crippen LogP contribution in [0.5, 0.6) is 5.75 Å². The summed E-state index contributed by atoms with van der Waals surface area (Å²) in [6, 6.07) is 3.81. The lowest BCUT2D eigenvalue weighted by atomic mass is 9.99. The minimum Gasteiger partial charge on any atom is -0.426 e. The van der Waals surface area contributed by atoms with Gasteiger partial charge in [0.25, 0.3) is 0 Å². The fourth-order valence-electron chi connectivity index (χ4n) is 2.90. The second-order valence-electron chi connectivity index (χ2n) is 5.84. The predicted octanol–water partition coefficient (Wildman–Crippen LogP) is 4.01. The number of benzene rings is 1. The number of carbonyl (C=O) groups is 1. The molecule has 0 aromatic heterocycles. The highest BCUT2D eigenvalue weighted by Crippen LogP contribution is 2.38. The molecule has 0 bridgehead atoms. The van der Waals surface area contributed by atoms with Gasteiger partial charge in [0.15, 0.2) is 0 Å². The Morgan fingerprint density at radius 3 is 2.59 bits per heavy atom. The van der Waals surface area contributed by atoms with Crippen molar-refractivity contribution in [1.29, 1.82) is 0 Å². The van der Waals surface area contributed by atoms with Crippen molar-refractivity contribution < 1.29 is 14.3 Å². The third-order valence-corrected chi connectivity index (χ3v) is 4.28. The Morgan fingerprint density at radius 1 is 1.32 bits per heavy atom. The summed E-state index contributed by atoms with van der Waals surface area (Å²) in [6.07, 6.45) is 3.59. The van der Waals surface area contributed by atoms with Gasteiger partial charge in [0.2, 0.25) is 0 Å². The Labute approximate surface area is 137 Å². The normalized spacial score (nSPS) is 16.5. The van der Waals surface area contributed by atoms with Crippen LogP contribution in [-0.4, -0.2) is 32.8 Å². The Kier molecular flexibility index (Phi) is 6.09. The van der Waals surface area contributed by atoms with Crippen LogP contribution in [-0.2, 0) is 9.53 Å². The Bertz CT molecular complexity index is 527. The van der Waals surface area contributed by atoms with Crippen molar-refractivity contribution in [1.82, 2.24) is 0 Å². The maximum Gasteiger partial charge on any atom is 0.308 e. The molecule has 1 aliphatic heterocycles. The molecule has 1 heterocycles. The molecular weight excluding hydrogens is 302 g/mol. The van der Waals surface area contributed by atoms with Gasteiger partial charge in [0.05, 0.1) is 17.3 Å². The zero-order valence-electron chi connectivity index (χ0n) is 13.5. The quantitative estimate of drug-likeness (QED) is 0.606. The third kappa shape index (κ3) is 4.14. The van der Waals surface area contributed by atoms with Crippen molar-refractivity contribution >= 4 is 23.3 Å². The van der Waals surface area contributed by atoms with Gasteiger partial charge in [-0.1, -0.05) is 18.5 Å². The van der Waals surface area contributed by atoms with Crippen molar-refractivity contribution in [3.63, 3.8) is 0 Å². The lowest BCUT2D eigenvalue weighted by Crippen LogP contribution is -2.29. The zero-order valence-corrected chi connectivity index (χ0v) is 14.3. The Hall–Kier alpha value is -1.26. The van der Waals surface area contributed by atoms with E-state index in [0.717, 1.165) is 24.3 Å². The number of halogens is 1. The number of piperidine rings is 1. The lowest BCUT2D eigenvalue weighted by Gasteiger charge is -2.30. The number of carbonyl (C=O) groups excluding carboxylic acids is 1. The van der Waals surface area contributed by atoms with Crippen molar-refractivity contribution in [3.8, 4) is 5.75 Å². The van der Waals surface area contributed by atoms with E-state index in [1.807, 2.05) is 19.1 Å². The van der Waals surface area contributed by atoms with Gasteiger partial charge in [-0.15, -0.1) is 0 Å². The Morgan fingerprint density at radius 2 is 2.00 bits per heavy atom. The van der Waals surface area contributed by atoms with Gasteiger partial charge < -0.3 is 14.4 Å². The highest BCUT2D eigenvalue weighted by molar-refractivity contribution is 6.33. The van der Waals surface area contributed by atoms with E-state index >= 15 is 0 Å². The van der Waals surface area contributed by atoms with E-state index in [1.165, 1.54) is 26.2 Å². The first-order valence-electron chi connectivity index (χ1n) is 7.78. The van der Waals surface area contributed by atoms with Gasteiger partial charge in [-0.05, 0) is 25.3 Å². The molecule has 1 aliphatic rings. The summed E-state index contributed by atoms with van der Waals surface area (Å²) in [5.41, 5.74) is 1.86. The van der Waals surface area contributed by atoms with E-state index < -0.39 is 0 Å². The number of esters is 1. The average Bonchev–Trinajstić information content (AvgIpc) is 2.49. The van der Waals surface area contributed by atoms with E-state index in [-0.39, 0.29) is 11.9 Å². The standard InChI is InChI=1S/C17H24ClNO3/c1-12(11-21-3)14-9-15(18)16(10-17(14)22-13(2)20)19-7-5-4-6-8-19/h9-10,12H,4-8,11H2,1-3H3. The first kappa shape index (κ1) is 17.1. The number of hydrogen-bond acceptors (Lipinski definition) is 4. The predicted molar refractivity (Wildman–Crippen MR) is 89.1 cm³/mol. The number of nitrogens with zero attached hydrogens (tertiary/aromatic N) is 1. The van der Waals surface area contributed by atoms with Crippen molar-refractivity contribution in [3.05, 3.63) is 22.7 Å². The van der Waals surface area contributed by atoms with Crippen LogP contribution in [0.15, 0.2) is 12.1 Å². The zero-order chi connectivity index (χ0) is 16.1. The lowest BCUT2D eigenvalue weighted by molar-refractivity contribution is -0.131. The number of methoxy groups -OCH3 is 1. The fraction of sp³-hybridized carbons (Fsp3) is 0.588. The first-order valence-corrected chi connectivity index (χ1v) is 8.16. The van der Waals surface area contributed by atoms with Crippen molar-refractivity contribution in [2.75, 3.05) is 31.7 Å². The average molecular weight is 326 g/mol. The van der Waals surface area contributed by atoms with Crippen LogP contribution in [0.1, 0.15) is 44.6 Å². The summed E-state index contributed by atoms with van der Waals surface area (Å²) in [6.45, 7) is 5.98. The molecule has 1 atom stereocenters. The molecule has 4 nitrogen and oxygen atoms in total. The highest BCUT2D eigenvalue weighted by Gasteiger charge is 2.20. The molecule has 1 aromatic carbocycles. The van der Waals surface area contributed by atoms with Crippen LogP contribution in [0, 0.1) is 0 Å². The number of anilines is 1. The second kappa shape index (κ2) is 7.84. The summed E-state index contributed by atoms with van der Waals surface area (Å²) < 4.78 is 10.6. The van der Waals surface area contributed by atoms with Crippen molar-refractivity contribution in [2.24, 2.45) is 0 Å². The molecule has 122 valence electrons. The SMILES string of the molecule is COCC(C)c1cc(Cl)c(N2CCCCC2)cc1OC(C)=O. The minimum absolute atomic E-state index is 0.104. The van der Waals surface area contributed by atoms with E-state index in [9.17, 15) is 4.79 Å². The molecule has 1 unspecified atom stereocenters. The summed E-state index contributed by atoms with van der Waals surface area (Å²) >= 11 is 6.49. The van der Waals surface area contributed by atoms with Crippen LogP contribution in [0.2, 0.25) is 5.02 Å². The van der Waals surface area contributed by atoms with Gasteiger partial charge in [-0.25, -0.2) is 0 Å². The van der Waals surface area contributed by atoms with Crippen LogP contribution in [0.3, 0.4) is 0 Å². The van der Waals surface area contributed by atoms with Gasteiger partial charge >= 0.3 is 5.97 Å². The van der Waals surface area contributed by atoms with Crippen LogP contribution in [0.25, 0.3) is 0 Å². The third-order valence-electron chi connectivity index (χ3n) is 3.98. The molecule has 1 saturated heterocycles. The first-order chi connectivity index (χ1) is 10.5. The fourth-order valence-corrected chi connectivity index (χ4v) is 3.19. The van der Waals surface area contributed by atoms with Gasteiger partial charge in [-0.2, -0.15) is 0 Å². The molecule has 1 fully saturated rings. The minimum atomic E-state index is -0.321. The molecule has 0 amide bonds. The van der Waals surface area contributed by atoms with Crippen LogP contribution >= 0.6 is 11.6 Å². The molecule has 0 spiro atoms. The summed E-state index contributed by atoms with van der Waals surface area (Å²) in [4.78, 5) is 13.7. The van der Waals surface area contributed by atoms with Crippen molar-refractivity contribution in [2.45, 2.75) is 39.0 Å². The van der Waals surface area contributed by atoms with E-state index in [2.05, 4.69) is 4.90 Å². The molecule has 0 radical (unpaired) electrons. The molecular formula is C17H24ClNO3. The maximum absolute atomic E-state index is 11.4. The summed E-state index contributed by atoms with van der Waals surface area (Å²) in [5.74, 6) is 0.368. The monoisotopic (exact) mass is 325 g/mol.